The summed E-state index contributed by atoms with van der Waals surface area (Å²) in [6.07, 6.45) is 4.49. The zero-order valence-electron chi connectivity index (χ0n) is 38.3. The van der Waals surface area contributed by atoms with Crippen LogP contribution in [0.4, 0.5) is 8.78 Å². The van der Waals surface area contributed by atoms with Crippen molar-refractivity contribution in [3.63, 3.8) is 0 Å². The summed E-state index contributed by atoms with van der Waals surface area (Å²) in [5, 5.41) is 0.0787. The third kappa shape index (κ3) is 13.6. The molecule has 0 bridgehead atoms. The van der Waals surface area contributed by atoms with Gasteiger partial charge in [-0.1, -0.05) is 75.2 Å². The lowest BCUT2D eigenvalue weighted by atomic mass is 9.82. The molecule has 0 radical (unpaired) electrons. The maximum atomic E-state index is 14.7. The summed E-state index contributed by atoms with van der Waals surface area (Å²) < 4.78 is 67.7. The van der Waals surface area contributed by atoms with E-state index in [1.165, 1.54) is 37.9 Å². The topological polar surface area (TPSA) is 133 Å². The molecule has 5 aromatic rings. The Balaban J connectivity index is 0.000000292. The fourth-order valence-corrected chi connectivity index (χ4v) is 7.78. The van der Waals surface area contributed by atoms with Crippen LogP contribution in [0.1, 0.15) is 90.3 Å². The van der Waals surface area contributed by atoms with Gasteiger partial charge >= 0.3 is 5.97 Å². The molecule has 0 spiro atoms. The van der Waals surface area contributed by atoms with E-state index in [1.807, 2.05) is 27.7 Å². The number of aldehydes is 1. The molecule has 0 N–H and O–H groups in total. The molecule has 3 heterocycles. The van der Waals surface area contributed by atoms with E-state index in [0.717, 1.165) is 11.8 Å². The Morgan fingerprint density at radius 1 is 0.785 bits per heavy atom. The number of esters is 1. The van der Waals surface area contributed by atoms with Crippen LogP contribution in [0.25, 0.3) is 5.52 Å². The van der Waals surface area contributed by atoms with Crippen LogP contribution < -0.4 is 15.0 Å². The van der Waals surface area contributed by atoms with E-state index in [2.05, 4.69) is 4.98 Å². The number of carbonyl (C=O) groups is 2. The lowest BCUT2D eigenvalue weighted by Crippen LogP contribution is -2.27. The van der Waals surface area contributed by atoms with Crippen molar-refractivity contribution < 1.29 is 51.5 Å². The lowest BCUT2D eigenvalue weighted by Gasteiger charge is -2.26. The van der Waals surface area contributed by atoms with Crippen LogP contribution >= 0.6 is 23.2 Å². The number of hydrogen-bond acceptors (Lipinski definition) is 11. The number of benzene rings is 2. The number of aromatic nitrogens is 2. The number of pyridine rings is 3. The van der Waals surface area contributed by atoms with Gasteiger partial charge in [0, 0.05) is 68.6 Å². The van der Waals surface area contributed by atoms with Crippen molar-refractivity contribution in [3.05, 3.63) is 138 Å². The zero-order valence-corrected chi connectivity index (χ0v) is 39.8. The number of ether oxygens (including phenoxy) is 7. The molecule has 5 rings (SSSR count). The van der Waals surface area contributed by atoms with Gasteiger partial charge in [-0.2, -0.15) is 0 Å². The highest BCUT2D eigenvalue weighted by Crippen LogP contribution is 2.35. The molecule has 0 aliphatic rings. The van der Waals surface area contributed by atoms with Gasteiger partial charge < -0.3 is 38.0 Å². The van der Waals surface area contributed by atoms with E-state index >= 15 is 0 Å². The minimum absolute atomic E-state index is 0.00661. The molecule has 65 heavy (non-hydrogen) atoms. The molecule has 16 heteroatoms. The highest BCUT2D eigenvalue weighted by Gasteiger charge is 2.29. The molecular weight excluding hydrogens is 885 g/mol. The Labute approximate surface area is 389 Å². The highest BCUT2D eigenvalue weighted by molar-refractivity contribution is 6.31. The average molecular weight is 944 g/mol. The van der Waals surface area contributed by atoms with Gasteiger partial charge in [0.2, 0.25) is 0 Å². The van der Waals surface area contributed by atoms with Gasteiger partial charge in [0.15, 0.2) is 0 Å². The van der Waals surface area contributed by atoms with Crippen LogP contribution in [-0.2, 0) is 41.3 Å². The largest absolute Gasteiger partial charge is 0.496 e. The smallest absolute Gasteiger partial charge is 0.343 e. The maximum Gasteiger partial charge on any atom is 0.343 e. The van der Waals surface area contributed by atoms with Crippen molar-refractivity contribution in [2.75, 3.05) is 61.8 Å². The third-order valence-corrected chi connectivity index (χ3v) is 11.5. The maximum absolute atomic E-state index is 14.7. The van der Waals surface area contributed by atoms with E-state index in [-0.39, 0.29) is 72.3 Å². The number of hydrogen-bond donors (Lipinski definition) is 0. The number of rotatable bonds is 22. The summed E-state index contributed by atoms with van der Waals surface area (Å²) in [5.41, 5.74) is 3.30. The van der Waals surface area contributed by atoms with Crippen molar-refractivity contribution in [1.29, 1.82) is 0 Å². The molecule has 0 aliphatic heterocycles. The molecular formula is C49H58Cl2F2N2O10. The van der Waals surface area contributed by atoms with Gasteiger partial charge in [0.1, 0.15) is 48.6 Å². The Kier molecular flexibility index (Phi) is 20.8. The fourth-order valence-electron chi connectivity index (χ4n) is 7.40. The molecule has 1 unspecified atom stereocenters. The van der Waals surface area contributed by atoms with Crippen LogP contribution in [0.3, 0.4) is 0 Å². The van der Waals surface area contributed by atoms with Gasteiger partial charge in [-0.15, -0.1) is 0 Å². The Hall–Kier alpha value is -4.96. The van der Waals surface area contributed by atoms with E-state index in [1.54, 1.807) is 68.9 Å². The second kappa shape index (κ2) is 25.7. The minimum Gasteiger partial charge on any atom is -0.496 e. The molecule has 2 aromatic carbocycles. The molecule has 0 aliphatic carbocycles. The number of halogens is 4. The van der Waals surface area contributed by atoms with Crippen LogP contribution in [0.2, 0.25) is 10.0 Å². The van der Waals surface area contributed by atoms with E-state index in [0.29, 0.717) is 58.2 Å². The second-order valence-corrected chi connectivity index (χ2v) is 16.7. The van der Waals surface area contributed by atoms with Gasteiger partial charge in [-0.05, 0) is 59.6 Å². The summed E-state index contributed by atoms with van der Waals surface area (Å²) in [6, 6.07) is 14.7. The lowest BCUT2D eigenvalue weighted by molar-refractivity contribution is -0.112. The van der Waals surface area contributed by atoms with E-state index < -0.39 is 29.1 Å². The molecule has 12 nitrogen and oxygen atoms in total. The SMILES string of the molecule is CCOC(=O)c1cc([C@H](COCOC)C(C)C)c2cc(OC)c(Cc3cccc(Cl)c3F)cn2c1=O.COCOC[C@H](C(C)C)C(C=O)c1cc(OC)c(Cc2cccc(Cl)c2F)cn1. The number of nitrogens with zero attached hydrogens (tertiary/aromatic N) is 2. The van der Waals surface area contributed by atoms with Crippen LogP contribution in [0.15, 0.2) is 71.8 Å². The first-order chi connectivity index (χ1) is 31.1. The average Bonchev–Trinajstić information content (AvgIpc) is 3.28. The zero-order chi connectivity index (χ0) is 47.8. The fraction of sp³-hybridized carbons (Fsp3) is 0.429. The Morgan fingerprint density at radius 3 is 1.88 bits per heavy atom. The third-order valence-electron chi connectivity index (χ3n) is 10.9. The Bertz CT molecular complexity index is 2430. The van der Waals surface area contributed by atoms with E-state index in [4.69, 9.17) is 56.4 Å². The van der Waals surface area contributed by atoms with E-state index in [9.17, 15) is 23.2 Å². The molecule has 3 atom stereocenters. The normalized spacial score (nSPS) is 12.7. The molecule has 0 fully saturated rings. The summed E-state index contributed by atoms with van der Waals surface area (Å²) >= 11 is 11.8. The first-order valence-corrected chi connectivity index (χ1v) is 21.8. The van der Waals surface area contributed by atoms with Gasteiger partial charge in [0.05, 0.1) is 61.2 Å². The standard InChI is InChI=1S/C27H31ClFNO6.C22H27ClFNO4/c1-6-36-27(32)20-11-19(21(16(2)3)14-35-15-33-4)23-12-24(34-5)18(13-30(23)26(20)31)10-17-8-7-9-22(28)25(17)29;1-14(2)18(12-29-13-27-3)17(11-26)20-9-21(28-4)16(10-25-20)8-15-6-5-7-19(23)22(15)24/h7-9,11-13,16,21H,6,10,14-15H2,1-5H3;5-7,9-11,14,17-18H,8,12-13H2,1-4H3/t21-;17?,18-/m11/s1. The van der Waals surface area contributed by atoms with Gasteiger partial charge in [-0.25, -0.2) is 13.6 Å². The van der Waals surface area contributed by atoms with Crippen molar-refractivity contribution in [1.82, 2.24) is 9.38 Å². The van der Waals surface area contributed by atoms with Crippen molar-refractivity contribution >= 4 is 41.0 Å². The van der Waals surface area contributed by atoms with Crippen LogP contribution in [0.5, 0.6) is 11.5 Å². The number of carbonyl (C=O) groups excluding carboxylic acids is 2. The number of methoxy groups -OCH3 is 4. The summed E-state index contributed by atoms with van der Waals surface area (Å²) in [6.45, 7) is 10.9. The van der Waals surface area contributed by atoms with Gasteiger partial charge in [0.25, 0.3) is 5.56 Å². The number of fused-ring (bicyclic) bond motifs is 1. The van der Waals surface area contributed by atoms with Crippen LogP contribution in [-0.4, -0.2) is 83.5 Å². The Morgan fingerprint density at radius 2 is 1.35 bits per heavy atom. The van der Waals surface area contributed by atoms with Gasteiger partial charge in [-0.3, -0.25) is 14.2 Å². The molecule has 3 aromatic heterocycles. The van der Waals surface area contributed by atoms with Crippen molar-refractivity contribution in [2.45, 2.75) is 59.3 Å². The summed E-state index contributed by atoms with van der Waals surface area (Å²) in [7, 11) is 6.13. The first kappa shape index (κ1) is 52.7. The summed E-state index contributed by atoms with van der Waals surface area (Å²) in [4.78, 5) is 42.6. The highest BCUT2D eigenvalue weighted by atomic mass is 35.5. The predicted molar refractivity (Wildman–Crippen MR) is 246 cm³/mol. The van der Waals surface area contributed by atoms with Crippen molar-refractivity contribution in [3.8, 4) is 11.5 Å². The predicted octanol–water partition coefficient (Wildman–Crippen LogP) is 9.88. The monoisotopic (exact) mass is 942 g/mol. The molecule has 0 amide bonds. The molecule has 0 saturated heterocycles. The summed E-state index contributed by atoms with van der Waals surface area (Å²) in [5.74, 6) is -1.11. The minimum atomic E-state index is -0.711. The second-order valence-electron chi connectivity index (χ2n) is 15.8. The first-order valence-electron chi connectivity index (χ1n) is 21.1. The van der Waals surface area contributed by atoms with Crippen LogP contribution in [0, 0.1) is 29.4 Å². The quantitative estimate of drug-likeness (QED) is 0.0284. The van der Waals surface area contributed by atoms with Crippen molar-refractivity contribution in [2.24, 2.45) is 17.8 Å². The molecule has 0 saturated carbocycles. The molecule has 352 valence electrons.